The number of piperazine rings is 1. The molecule has 2 aliphatic heterocycles. The zero-order valence-corrected chi connectivity index (χ0v) is 14.7. The fourth-order valence-electron chi connectivity index (χ4n) is 3.53. The Hall–Kier alpha value is -1.88. The van der Waals surface area contributed by atoms with Crippen molar-refractivity contribution in [3.05, 3.63) is 29.8 Å². The van der Waals surface area contributed by atoms with Crippen LogP contribution in [0.15, 0.2) is 24.3 Å². The number of rotatable bonds is 4. The number of aryl methyl sites for hydroxylation is 1. The van der Waals surface area contributed by atoms with Crippen molar-refractivity contribution < 1.29 is 9.59 Å². The van der Waals surface area contributed by atoms with Gasteiger partial charge in [-0.2, -0.15) is 0 Å². The van der Waals surface area contributed by atoms with E-state index in [0.717, 1.165) is 31.6 Å². The van der Waals surface area contributed by atoms with Crippen molar-refractivity contribution in [3.63, 3.8) is 0 Å². The second-order valence-corrected chi connectivity index (χ2v) is 7.00. The first-order chi connectivity index (χ1) is 11.5. The van der Waals surface area contributed by atoms with Crippen LogP contribution in [0.4, 0.5) is 5.69 Å². The van der Waals surface area contributed by atoms with Crippen LogP contribution >= 0.6 is 0 Å². The van der Waals surface area contributed by atoms with Crippen LogP contribution in [0.3, 0.4) is 0 Å². The van der Waals surface area contributed by atoms with Crippen molar-refractivity contribution in [3.8, 4) is 0 Å². The number of nitrogens with zero attached hydrogens (tertiary/aromatic N) is 3. The number of carbonyl (C=O) groups excluding carboxylic acids is 2. The Bertz CT molecular complexity index is 593. The van der Waals surface area contributed by atoms with Crippen LogP contribution in [-0.2, 0) is 9.59 Å². The minimum atomic E-state index is 0.116. The number of benzene rings is 1. The Labute approximate surface area is 144 Å². The highest BCUT2D eigenvalue weighted by atomic mass is 16.2. The van der Waals surface area contributed by atoms with Gasteiger partial charge in [0.05, 0.1) is 6.54 Å². The third-order valence-electron chi connectivity index (χ3n) is 5.13. The molecule has 0 unspecified atom stereocenters. The van der Waals surface area contributed by atoms with E-state index in [0.29, 0.717) is 26.1 Å². The predicted molar refractivity (Wildman–Crippen MR) is 95.0 cm³/mol. The SMILES string of the molecule is Cc1ccc(N2C[C@@H](C)N(CCC(=O)N3CCCC3)CC2=O)cc1. The molecule has 5 nitrogen and oxygen atoms in total. The third-order valence-corrected chi connectivity index (χ3v) is 5.13. The van der Waals surface area contributed by atoms with Gasteiger partial charge in [0, 0.05) is 44.3 Å². The number of hydrogen-bond acceptors (Lipinski definition) is 3. The van der Waals surface area contributed by atoms with Gasteiger partial charge in [-0.15, -0.1) is 0 Å². The standard InChI is InChI=1S/C19H27N3O2/c1-15-5-7-17(8-6-15)22-13-16(2)21(14-19(22)24)12-9-18(23)20-10-3-4-11-20/h5-8,16H,3-4,9-14H2,1-2H3/t16-/m1/s1. The fraction of sp³-hybridized carbons (Fsp3) is 0.579. The molecule has 0 saturated carbocycles. The van der Waals surface area contributed by atoms with E-state index in [1.807, 2.05) is 41.0 Å². The van der Waals surface area contributed by atoms with Crippen molar-refractivity contribution >= 4 is 17.5 Å². The molecule has 0 aromatic heterocycles. The zero-order valence-electron chi connectivity index (χ0n) is 14.7. The van der Waals surface area contributed by atoms with E-state index in [9.17, 15) is 9.59 Å². The number of amides is 2. The van der Waals surface area contributed by atoms with E-state index >= 15 is 0 Å². The summed E-state index contributed by atoms with van der Waals surface area (Å²) in [5.41, 5.74) is 2.16. The molecule has 0 spiro atoms. The summed E-state index contributed by atoms with van der Waals surface area (Å²) in [6.45, 7) is 7.71. The normalized spacial score (nSPS) is 22.2. The highest BCUT2D eigenvalue weighted by Gasteiger charge is 2.30. The third kappa shape index (κ3) is 3.78. The van der Waals surface area contributed by atoms with Gasteiger partial charge in [0.1, 0.15) is 0 Å². The minimum Gasteiger partial charge on any atom is -0.343 e. The molecule has 1 atom stereocenters. The van der Waals surface area contributed by atoms with Crippen molar-refractivity contribution in [2.24, 2.45) is 0 Å². The maximum Gasteiger partial charge on any atom is 0.241 e. The van der Waals surface area contributed by atoms with E-state index in [-0.39, 0.29) is 17.9 Å². The molecular formula is C19H27N3O2. The lowest BCUT2D eigenvalue weighted by atomic mass is 10.1. The summed E-state index contributed by atoms with van der Waals surface area (Å²) in [6, 6.07) is 8.34. The van der Waals surface area contributed by atoms with Crippen molar-refractivity contribution in [2.75, 3.05) is 37.6 Å². The van der Waals surface area contributed by atoms with Crippen LogP contribution in [0.1, 0.15) is 31.7 Å². The van der Waals surface area contributed by atoms with Crippen LogP contribution in [0.25, 0.3) is 0 Å². The molecule has 2 fully saturated rings. The summed E-state index contributed by atoms with van der Waals surface area (Å²) in [7, 11) is 0. The molecule has 5 heteroatoms. The molecule has 2 heterocycles. The van der Waals surface area contributed by atoms with Gasteiger partial charge in [0.25, 0.3) is 0 Å². The minimum absolute atomic E-state index is 0.116. The van der Waals surface area contributed by atoms with Crippen LogP contribution in [-0.4, -0.2) is 60.4 Å². The Morgan fingerprint density at radius 2 is 1.83 bits per heavy atom. The van der Waals surface area contributed by atoms with Crippen molar-refractivity contribution in [1.82, 2.24) is 9.80 Å². The number of likely N-dealkylation sites (tertiary alicyclic amines) is 1. The van der Waals surface area contributed by atoms with E-state index in [1.165, 1.54) is 5.56 Å². The molecule has 2 aliphatic rings. The van der Waals surface area contributed by atoms with Gasteiger partial charge >= 0.3 is 0 Å². The second kappa shape index (κ2) is 7.34. The first-order valence-corrected chi connectivity index (χ1v) is 8.93. The summed E-state index contributed by atoms with van der Waals surface area (Å²) in [6.07, 6.45) is 2.76. The largest absolute Gasteiger partial charge is 0.343 e. The highest BCUT2D eigenvalue weighted by molar-refractivity contribution is 5.95. The van der Waals surface area contributed by atoms with Gasteiger partial charge in [0.15, 0.2) is 0 Å². The monoisotopic (exact) mass is 329 g/mol. The first kappa shape index (κ1) is 17.0. The summed E-state index contributed by atoms with van der Waals surface area (Å²) in [4.78, 5) is 30.7. The van der Waals surface area contributed by atoms with Gasteiger partial charge in [-0.1, -0.05) is 17.7 Å². The topological polar surface area (TPSA) is 43.9 Å². The second-order valence-electron chi connectivity index (χ2n) is 7.00. The molecule has 2 saturated heterocycles. The number of carbonyl (C=O) groups is 2. The maximum atomic E-state index is 12.5. The molecule has 1 aromatic rings. The molecular weight excluding hydrogens is 302 g/mol. The van der Waals surface area contributed by atoms with Crippen LogP contribution in [0.2, 0.25) is 0 Å². The summed E-state index contributed by atoms with van der Waals surface area (Å²) < 4.78 is 0. The molecule has 0 radical (unpaired) electrons. The quantitative estimate of drug-likeness (QED) is 0.849. The van der Waals surface area contributed by atoms with E-state index in [1.54, 1.807) is 0 Å². The average molecular weight is 329 g/mol. The van der Waals surface area contributed by atoms with Gasteiger partial charge < -0.3 is 9.80 Å². The summed E-state index contributed by atoms with van der Waals surface area (Å²) in [5.74, 6) is 0.346. The molecule has 1 aromatic carbocycles. The Morgan fingerprint density at radius 3 is 2.50 bits per heavy atom. The van der Waals surface area contributed by atoms with Gasteiger partial charge in [0.2, 0.25) is 11.8 Å². The molecule has 0 bridgehead atoms. The number of anilines is 1. The molecule has 24 heavy (non-hydrogen) atoms. The van der Waals surface area contributed by atoms with E-state index in [2.05, 4.69) is 11.8 Å². The Morgan fingerprint density at radius 1 is 1.17 bits per heavy atom. The smallest absolute Gasteiger partial charge is 0.241 e. The lowest BCUT2D eigenvalue weighted by molar-refractivity contribution is -0.131. The zero-order chi connectivity index (χ0) is 17.1. The molecule has 3 rings (SSSR count). The summed E-state index contributed by atoms with van der Waals surface area (Å²) >= 11 is 0. The van der Waals surface area contributed by atoms with Gasteiger partial charge in [-0.25, -0.2) is 0 Å². The average Bonchev–Trinajstić information content (AvgIpc) is 3.10. The predicted octanol–water partition coefficient (Wildman–Crippen LogP) is 2.04. The van der Waals surface area contributed by atoms with E-state index < -0.39 is 0 Å². The lowest BCUT2D eigenvalue weighted by Gasteiger charge is -2.39. The van der Waals surface area contributed by atoms with E-state index in [4.69, 9.17) is 0 Å². The lowest BCUT2D eigenvalue weighted by Crippen LogP contribution is -2.55. The molecule has 0 N–H and O–H groups in total. The number of hydrogen-bond donors (Lipinski definition) is 0. The Kier molecular flexibility index (Phi) is 5.19. The maximum absolute atomic E-state index is 12.5. The van der Waals surface area contributed by atoms with Crippen molar-refractivity contribution in [2.45, 2.75) is 39.2 Å². The highest BCUT2D eigenvalue weighted by Crippen LogP contribution is 2.21. The van der Waals surface area contributed by atoms with Crippen molar-refractivity contribution in [1.29, 1.82) is 0 Å². The van der Waals surface area contributed by atoms with Crippen LogP contribution in [0, 0.1) is 6.92 Å². The first-order valence-electron chi connectivity index (χ1n) is 8.93. The van der Waals surface area contributed by atoms with Crippen LogP contribution in [0.5, 0.6) is 0 Å². The molecule has 2 amide bonds. The fourth-order valence-corrected chi connectivity index (χ4v) is 3.53. The Balaban J connectivity index is 1.56. The van der Waals surface area contributed by atoms with Gasteiger partial charge in [-0.3, -0.25) is 14.5 Å². The molecule has 130 valence electrons. The summed E-state index contributed by atoms with van der Waals surface area (Å²) in [5, 5.41) is 0. The van der Waals surface area contributed by atoms with Crippen LogP contribution < -0.4 is 4.90 Å². The van der Waals surface area contributed by atoms with Gasteiger partial charge in [-0.05, 0) is 38.8 Å². The molecule has 0 aliphatic carbocycles.